The Morgan fingerprint density at radius 2 is 2.47 bits per heavy atom. The Morgan fingerprint density at radius 1 is 1.60 bits per heavy atom. The fourth-order valence-electron chi connectivity index (χ4n) is 1.59. The fraction of sp³-hybridized carbons (Fsp3) is 0.400. The van der Waals surface area contributed by atoms with Crippen molar-refractivity contribution in [2.45, 2.75) is 18.9 Å². The van der Waals surface area contributed by atoms with Gasteiger partial charge in [0.05, 0.1) is 17.9 Å². The van der Waals surface area contributed by atoms with Crippen LogP contribution in [0.15, 0.2) is 22.9 Å². The van der Waals surface area contributed by atoms with Crippen molar-refractivity contribution in [2.75, 3.05) is 11.9 Å². The minimum Gasteiger partial charge on any atom is -0.323 e. The highest BCUT2D eigenvalue weighted by molar-refractivity contribution is 9.10. The van der Waals surface area contributed by atoms with Crippen LogP contribution in [0, 0.1) is 0 Å². The highest BCUT2D eigenvalue weighted by Crippen LogP contribution is 2.12. The van der Waals surface area contributed by atoms with Crippen LogP contribution < -0.4 is 10.6 Å². The molecule has 80 valence electrons. The maximum Gasteiger partial charge on any atom is 0.241 e. The molecular formula is C10H12BrN3O. The van der Waals surface area contributed by atoms with Gasteiger partial charge in [0.15, 0.2) is 0 Å². The molecule has 1 amide bonds. The highest BCUT2D eigenvalue weighted by Gasteiger charge is 2.21. The molecule has 5 heteroatoms. The van der Waals surface area contributed by atoms with Crippen molar-refractivity contribution in [3.8, 4) is 0 Å². The molecule has 0 bridgehead atoms. The molecule has 2 heterocycles. The van der Waals surface area contributed by atoms with E-state index in [0.29, 0.717) is 0 Å². The number of rotatable bonds is 2. The van der Waals surface area contributed by atoms with E-state index < -0.39 is 0 Å². The Labute approximate surface area is 96.6 Å². The Hall–Kier alpha value is -0.940. The number of halogens is 1. The average molecular weight is 270 g/mol. The van der Waals surface area contributed by atoms with Gasteiger partial charge in [-0.2, -0.15) is 0 Å². The molecule has 15 heavy (non-hydrogen) atoms. The Morgan fingerprint density at radius 3 is 3.07 bits per heavy atom. The minimum atomic E-state index is -0.0475. The van der Waals surface area contributed by atoms with Crippen molar-refractivity contribution in [3.05, 3.63) is 22.9 Å². The zero-order valence-corrected chi connectivity index (χ0v) is 9.75. The zero-order valence-electron chi connectivity index (χ0n) is 8.16. The molecule has 0 aromatic carbocycles. The molecule has 2 rings (SSSR count). The van der Waals surface area contributed by atoms with E-state index in [0.717, 1.165) is 29.7 Å². The highest BCUT2D eigenvalue weighted by atomic mass is 79.9. The van der Waals surface area contributed by atoms with Gasteiger partial charge in [0, 0.05) is 0 Å². The molecule has 1 aromatic heterocycles. The van der Waals surface area contributed by atoms with Crippen molar-refractivity contribution in [2.24, 2.45) is 0 Å². The van der Waals surface area contributed by atoms with Crippen molar-refractivity contribution in [3.63, 3.8) is 0 Å². The molecule has 1 atom stereocenters. The SMILES string of the molecule is O=C(Nc1ccc(Br)nc1)[C@@H]1CCCN1. The first-order chi connectivity index (χ1) is 7.25. The van der Waals surface area contributed by atoms with Crippen LogP contribution in [-0.2, 0) is 4.79 Å². The van der Waals surface area contributed by atoms with Crippen LogP contribution in [0.2, 0.25) is 0 Å². The van der Waals surface area contributed by atoms with Crippen LogP contribution >= 0.6 is 15.9 Å². The van der Waals surface area contributed by atoms with Crippen molar-refractivity contribution in [1.29, 1.82) is 0 Å². The molecule has 4 nitrogen and oxygen atoms in total. The van der Waals surface area contributed by atoms with Crippen molar-refractivity contribution >= 4 is 27.5 Å². The van der Waals surface area contributed by atoms with Crippen LogP contribution in [0.1, 0.15) is 12.8 Å². The molecule has 0 radical (unpaired) electrons. The first kappa shape index (κ1) is 10.6. The smallest absolute Gasteiger partial charge is 0.241 e. The maximum absolute atomic E-state index is 11.7. The van der Waals surface area contributed by atoms with Crippen molar-refractivity contribution < 1.29 is 4.79 Å². The largest absolute Gasteiger partial charge is 0.323 e. The first-order valence-electron chi connectivity index (χ1n) is 4.91. The summed E-state index contributed by atoms with van der Waals surface area (Å²) < 4.78 is 0.763. The van der Waals surface area contributed by atoms with E-state index in [2.05, 4.69) is 31.5 Å². The minimum absolute atomic E-state index is 0.0247. The van der Waals surface area contributed by atoms with Gasteiger partial charge in [-0.1, -0.05) is 0 Å². The second kappa shape index (κ2) is 4.72. The molecule has 1 saturated heterocycles. The monoisotopic (exact) mass is 269 g/mol. The van der Waals surface area contributed by atoms with E-state index in [1.807, 2.05) is 6.07 Å². The number of amides is 1. The third-order valence-corrected chi connectivity index (χ3v) is 2.84. The lowest BCUT2D eigenvalue weighted by molar-refractivity contribution is -0.117. The molecule has 1 aromatic rings. The van der Waals surface area contributed by atoms with Gasteiger partial charge in [-0.25, -0.2) is 4.98 Å². The summed E-state index contributed by atoms with van der Waals surface area (Å²) in [4.78, 5) is 15.7. The van der Waals surface area contributed by atoms with Gasteiger partial charge < -0.3 is 10.6 Å². The maximum atomic E-state index is 11.7. The fourth-order valence-corrected chi connectivity index (χ4v) is 1.82. The second-order valence-corrected chi connectivity index (χ2v) is 4.32. The standard InChI is InChI=1S/C10H12BrN3O/c11-9-4-3-7(6-13-9)14-10(15)8-2-1-5-12-8/h3-4,6,8,12H,1-2,5H2,(H,14,15)/t8-/m0/s1. The third-order valence-electron chi connectivity index (χ3n) is 2.37. The number of pyridine rings is 1. The van der Waals surface area contributed by atoms with E-state index in [4.69, 9.17) is 0 Å². The number of carbonyl (C=O) groups excluding carboxylic acids is 1. The van der Waals surface area contributed by atoms with Crippen LogP contribution in [0.3, 0.4) is 0 Å². The Kier molecular flexibility index (Phi) is 3.33. The van der Waals surface area contributed by atoms with E-state index in [9.17, 15) is 4.79 Å². The molecule has 0 spiro atoms. The second-order valence-electron chi connectivity index (χ2n) is 3.51. The van der Waals surface area contributed by atoms with Crippen molar-refractivity contribution in [1.82, 2.24) is 10.3 Å². The Bertz CT molecular complexity index is 346. The van der Waals surface area contributed by atoms with E-state index in [-0.39, 0.29) is 11.9 Å². The lowest BCUT2D eigenvalue weighted by Crippen LogP contribution is -2.35. The predicted molar refractivity (Wildman–Crippen MR) is 61.6 cm³/mol. The summed E-state index contributed by atoms with van der Waals surface area (Å²) in [6.07, 6.45) is 3.61. The summed E-state index contributed by atoms with van der Waals surface area (Å²) in [5.41, 5.74) is 0.733. The van der Waals surface area contributed by atoms with E-state index in [1.54, 1.807) is 12.3 Å². The molecule has 1 fully saturated rings. The van der Waals surface area contributed by atoms with Gasteiger partial charge in [-0.05, 0) is 47.4 Å². The van der Waals surface area contributed by atoms with E-state index in [1.165, 1.54) is 0 Å². The van der Waals surface area contributed by atoms with Gasteiger partial charge in [-0.3, -0.25) is 4.79 Å². The summed E-state index contributed by atoms with van der Waals surface area (Å²) in [5, 5.41) is 5.97. The topological polar surface area (TPSA) is 54.0 Å². The Balaban J connectivity index is 1.96. The van der Waals surface area contributed by atoms with Crippen LogP contribution in [0.5, 0.6) is 0 Å². The van der Waals surface area contributed by atoms with Gasteiger partial charge in [0.25, 0.3) is 0 Å². The van der Waals surface area contributed by atoms with Crippen LogP contribution in [0.4, 0.5) is 5.69 Å². The molecule has 0 unspecified atom stereocenters. The third kappa shape index (κ3) is 2.76. The summed E-state index contributed by atoms with van der Waals surface area (Å²) in [6, 6.07) is 3.58. The number of carbonyl (C=O) groups is 1. The molecule has 1 aliphatic heterocycles. The van der Waals surface area contributed by atoms with Crippen LogP contribution in [-0.4, -0.2) is 23.5 Å². The number of hydrogen-bond donors (Lipinski definition) is 2. The normalized spacial score (nSPS) is 20.2. The lowest BCUT2D eigenvalue weighted by Gasteiger charge is -2.10. The molecule has 0 saturated carbocycles. The summed E-state index contributed by atoms with van der Waals surface area (Å²) in [7, 11) is 0. The quantitative estimate of drug-likeness (QED) is 0.801. The number of nitrogens with zero attached hydrogens (tertiary/aromatic N) is 1. The summed E-state index contributed by atoms with van der Waals surface area (Å²) in [6.45, 7) is 0.927. The molecule has 0 aliphatic carbocycles. The first-order valence-corrected chi connectivity index (χ1v) is 5.71. The lowest BCUT2D eigenvalue weighted by atomic mass is 10.2. The number of hydrogen-bond acceptors (Lipinski definition) is 3. The summed E-state index contributed by atoms with van der Waals surface area (Å²) >= 11 is 3.24. The van der Waals surface area contributed by atoms with Gasteiger partial charge in [-0.15, -0.1) is 0 Å². The number of nitrogens with one attached hydrogen (secondary N) is 2. The van der Waals surface area contributed by atoms with Gasteiger partial charge in [0.1, 0.15) is 4.60 Å². The van der Waals surface area contributed by atoms with E-state index >= 15 is 0 Å². The predicted octanol–water partition coefficient (Wildman–Crippen LogP) is 1.53. The summed E-state index contributed by atoms with van der Waals surface area (Å²) in [5.74, 6) is 0.0247. The molecule has 1 aliphatic rings. The van der Waals surface area contributed by atoms with Crippen LogP contribution in [0.25, 0.3) is 0 Å². The molecule has 2 N–H and O–H groups in total. The van der Waals surface area contributed by atoms with Gasteiger partial charge >= 0.3 is 0 Å². The zero-order chi connectivity index (χ0) is 10.7. The number of aromatic nitrogens is 1. The number of anilines is 1. The molecular weight excluding hydrogens is 258 g/mol. The van der Waals surface area contributed by atoms with Gasteiger partial charge in [0.2, 0.25) is 5.91 Å². The average Bonchev–Trinajstić information content (AvgIpc) is 2.74.